The number of anilines is 1. The van der Waals surface area contributed by atoms with Crippen molar-refractivity contribution in [3.05, 3.63) is 64.7 Å². The number of amides is 1. The number of hydrogen-bond acceptors (Lipinski definition) is 5. The molecule has 1 fully saturated rings. The Bertz CT molecular complexity index is 1270. The van der Waals surface area contributed by atoms with Crippen molar-refractivity contribution in [3.63, 3.8) is 0 Å². The van der Waals surface area contributed by atoms with Gasteiger partial charge in [0.25, 0.3) is 11.5 Å². The van der Waals surface area contributed by atoms with Crippen molar-refractivity contribution >= 4 is 32.5 Å². The zero-order valence-corrected chi connectivity index (χ0v) is 17.3. The number of fused-ring (bicyclic) bond motifs is 1. The van der Waals surface area contributed by atoms with Crippen molar-refractivity contribution in [2.24, 2.45) is 0 Å². The van der Waals surface area contributed by atoms with Gasteiger partial charge < -0.3 is 10.3 Å². The molecule has 1 aromatic heterocycles. The smallest absolute Gasteiger partial charge is 0.258 e. The van der Waals surface area contributed by atoms with Crippen LogP contribution in [0.1, 0.15) is 36.5 Å². The molecular formula is C21H22N4O4S. The van der Waals surface area contributed by atoms with E-state index in [1.165, 1.54) is 28.8 Å². The summed E-state index contributed by atoms with van der Waals surface area (Å²) in [6, 6.07) is 10.8. The predicted octanol–water partition coefficient (Wildman–Crippen LogP) is 2.74. The predicted molar refractivity (Wildman–Crippen MR) is 114 cm³/mol. The molecule has 1 atom stereocenters. The Morgan fingerprint density at radius 3 is 2.83 bits per heavy atom. The summed E-state index contributed by atoms with van der Waals surface area (Å²) in [5.74, 6) is -0.460. The Morgan fingerprint density at radius 2 is 2.03 bits per heavy atom. The van der Waals surface area contributed by atoms with E-state index in [-0.39, 0.29) is 22.1 Å². The molecular weight excluding hydrogens is 404 g/mol. The second-order valence-corrected chi connectivity index (χ2v) is 9.30. The highest BCUT2D eigenvalue weighted by Crippen LogP contribution is 2.26. The first-order chi connectivity index (χ1) is 14.4. The fourth-order valence-electron chi connectivity index (χ4n) is 3.71. The van der Waals surface area contributed by atoms with Gasteiger partial charge in [-0.1, -0.05) is 12.5 Å². The molecule has 1 aliphatic heterocycles. The number of hydrogen-bond donors (Lipinski definition) is 2. The molecule has 1 aliphatic rings. The first-order valence-corrected chi connectivity index (χ1v) is 11.2. The standard InChI is InChI=1S/C21H22N4O4S/c1-14-5-2-3-10-25(14)30(28,29)17-7-4-6-15(11-17)20(26)24-16-8-9-19-18(12-16)21(27)23-13-22-19/h4,6-9,11-14H,2-3,5,10H2,1H3,(H,24,26)(H,22,23,27). The third-order valence-corrected chi connectivity index (χ3v) is 7.35. The molecule has 1 saturated heterocycles. The van der Waals surface area contributed by atoms with Crippen molar-refractivity contribution in [1.82, 2.24) is 14.3 Å². The summed E-state index contributed by atoms with van der Waals surface area (Å²) in [6.07, 6.45) is 3.99. The first-order valence-electron chi connectivity index (χ1n) is 9.77. The lowest BCUT2D eigenvalue weighted by Crippen LogP contribution is -2.41. The van der Waals surface area contributed by atoms with Crippen LogP contribution in [0.2, 0.25) is 0 Å². The Kier molecular flexibility index (Phi) is 5.40. The van der Waals surface area contributed by atoms with Crippen molar-refractivity contribution in [1.29, 1.82) is 0 Å². The van der Waals surface area contributed by atoms with Crippen LogP contribution < -0.4 is 10.9 Å². The lowest BCUT2D eigenvalue weighted by atomic mass is 10.1. The minimum absolute atomic E-state index is 0.0643. The average Bonchev–Trinajstić information content (AvgIpc) is 2.74. The number of aromatic nitrogens is 2. The number of nitrogens with one attached hydrogen (secondary N) is 2. The van der Waals surface area contributed by atoms with E-state index in [4.69, 9.17) is 0 Å². The fraction of sp³-hybridized carbons (Fsp3) is 0.286. The highest BCUT2D eigenvalue weighted by Gasteiger charge is 2.31. The van der Waals surface area contributed by atoms with E-state index in [2.05, 4.69) is 15.3 Å². The largest absolute Gasteiger partial charge is 0.322 e. The van der Waals surface area contributed by atoms with Crippen LogP contribution in [0, 0.1) is 0 Å². The van der Waals surface area contributed by atoms with Gasteiger partial charge in [0.15, 0.2) is 0 Å². The number of carbonyl (C=O) groups is 1. The van der Waals surface area contributed by atoms with Crippen molar-refractivity contribution in [2.75, 3.05) is 11.9 Å². The quantitative estimate of drug-likeness (QED) is 0.666. The van der Waals surface area contributed by atoms with E-state index in [1.807, 2.05) is 6.92 Å². The van der Waals surface area contributed by atoms with Crippen LogP contribution in [0.5, 0.6) is 0 Å². The van der Waals surface area contributed by atoms with Crippen molar-refractivity contribution in [3.8, 4) is 0 Å². The van der Waals surface area contributed by atoms with Gasteiger partial charge in [0.2, 0.25) is 10.0 Å². The Balaban J connectivity index is 1.60. The number of piperidine rings is 1. The monoisotopic (exact) mass is 426 g/mol. The minimum atomic E-state index is -3.67. The van der Waals surface area contributed by atoms with Crippen LogP contribution in [0.15, 0.2) is 58.5 Å². The van der Waals surface area contributed by atoms with E-state index in [0.717, 1.165) is 19.3 Å². The number of nitrogens with zero attached hydrogens (tertiary/aromatic N) is 2. The molecule has 1 amide bonds. The Hall–Kier alpha value is -3.04. The van der Waals surface area contributed by atoms with Crippen molar-refractivity contribution < 1.29 is 13.2 Å². The van der Waals surface area contributed by atoms with Gasteiger partial charge in [-0.15, -0.1) is 0 Å². The number of rotatable bonds is 4. The van der Waals surface area contributed by atoms with E-state index in [0.29, 0.717) is 23.1 Å². The van der Waals surface area contributed by atoms with Crippen LogP contribution >= 0.6 is 0 Å². The van der Waals surface area contributed by atoms with Crippen molar-refractivity contribution in [2.45, 2.75) is 37.1 Å². The lowest BCUT2D eigenvalue weighted by Gasteiger charge is -2.32. The molecule has 9 heteroatoms. The summed E-state index contributed by atoms with van der Waals surface area (Å²) in [4.78, 5) is 31.3. The number of aromatic amines is 1. The Morgan fingerprint density at radius 1 is 1.20 bits per heavy atom. The number of sulfonamides is 1. The highest BCUT2D eigenvalue weighted by atomic mass is 32.2. The molecule has 2 aromatic carbocycles. The summed E-state index contributed by atoms with van der Waals surface area (Å²) in [5, 5.41) is 3.07. The first kappa shape index (κ1) is 20.2. The number of benzene rings is 2. The second kappa shape index (κ2) is 8.00. The van der Waals surface area contributed by atoms with Crippen LogP contribution in [0.25, 0.3) is 10.9 Å². The normalized spacial score (nSPS) is 17.7. The van der Waals surface area contributed by atoms with E-state index in [1.54, 1.807) is 24.3 Å². The maximum absolute atomic E-state index is 13.1. The third-order valence-electron chi connectivity index (χ3n) is 5.34. The maximum atomic E-state index is 13.1. The Labute approximate surface area is 174 Å². The molecule has 0 bridgehead atoms. The average molecular weight is 426 g/mol. The molecule has 30 heavy (non-hydrogen) atoms. The van der Waals surface area contributed by atoms with Gasteiger partial charge in [0, 0.05) is 23.8 Å². The molecule has 0 radical (unpaired) electrons. The van der Waals surface area contributed by atoms with E-state index < -0.39 is 15.9 Å². The molecule has 3 aromatic rings. The number of H-pyrrole nitrogens is 1. The van der Waals surface area contributed by atoms with Crippen LogP contribution in [-0.2, 0) is 10.0 Å². The topological polar surface area (TPSA) is 112 Å². The molecule has 8 nitrogen and oxygen atoms in total. The van der Waals surface area contributed by atoms with Crippen LogP contribution in [0.4, 0.5) is 5.69 Å². The second-order valence-electron chi connectivity index (χ2n) is 7.41. The zero-order valence-electron chi connectivity index (χ0n) is 16.5. The molecule has 1 unspecified atom stereocenters. The van der Waals surface area contributed by atoms with Crippen LogP contribution in [-0.4, -0.2) is 41.2 Å². The highest BCUT2D eigenvalue weighted by molar-refractivity contribution is 7.89. The molecule has 4 rings (SSSR count). The molecule has 0 aliphatic carbocycles. The zero-order chi connectivity index (χ0) is 21.3. The maximum Gasteiger partial charge on any atom is 0.258 e. The van der Waals surface area contributed by atoms with Gasteiger partial charge in [0.05, 0.1) is 22.1 Å². The van der Waals surface area contributed by atoms with Gasteiger partial charge in [-0.05, 0) is 56.2 Å². The third kappa shape index (κ3) is 3.86. The van der Waals surface area contributed by atoms with Gasteiger partial charge in [0.1, 0.15) is 0 Å². The summed E-state index contributed by atoms with van der Waals surface area (Å²) in [7, 11) is -3.67. The molecule has 0 saturated carbocycles. The van der Waals surface area contributed by atoms with E-state index >= 15 is 0 Å². The van der Waals surface area contributed by atoms with E-state index in [9.17, 15) is 18.0 Å². The summed E-state index contributed by atoms with van der Waals surface area (Å²) in [5.41, 5.74) is 0.852. The fourth-order valence-corrected chi connectivity index (χ4v) is 5.46. The van der Waals surface area contributed by atoms with Crippen LogP contribution in [0.3, 0.4) is 0 Å². The molecule has 2 heterocycles. The lowest BCUT2D eigenvalue weighted by molar-refractivity contribution is 0.102. The SMILES string of the molecule is CC1CCCCN1S(=O)(=O)c1cccc(C(=O)Nc2ccc3nc[nH]c(=O)c3c2)c1. The summed E-state index contributed by atoms with van der Waals surface area (Å²) >= 11 is 0. The summed E-state index contributed by atoms with van der Waals surface area (Å²) in [6.45, 7) is 2.39. The summed E-state index contributed by atoms with van der Waals surface area (Å²) < 4.78 is 27.6. The van der Waals surface area contributed by atoms with Gasteiger partial charge in [-0.3, -0.25) is 9.59 Å². The molecule has 0 spiro atoms. The molecule has 156 valence electrons. The minimum Gasteiger partial charge on any atom is -0.322 e. The molecule has 2 N–H and O–H groups in total. The van der Waals surface area contributed by atoms with Gasteiger partial charge >= 0.3 is 0 Å². The van der Waals surface area contributed by atoms with Gasteiger partial charge in [-0.25, -0.2) is 13.4 Å². The van der Waals surface area contributed by atoms with Gasteiger partial charge in [-0.2, -0.15) is 4.31 Å². The number of carbonyl (C=O) groups excluding carboxylic acids is 1.